The Labute approximate surface area is 108 Å². The third-order valence-electron chi connectivity index (χ3n) is 2.56. The summed E-state index contributed by atoms with van der Waals surface area (Å²) in [7, 11) is 0. The lowest BCUT2D eigenvalue weighted by atomic mass is 10.1. The molecule has 1 unspecified atom stereocenters. The van der Waals surface area contributed by atoms with Gasteiger partial charge in [-0.2, -0.15) is 0 Å². The topological polar surface area (TPSA) is 61.5 Å². The number of hydrogen-bond donors (Lipinski definition) is 1. The zero-order valence-corrected chi connectivity index (χ0v) is 11.0. The van der Waals surface area contributed by atoms with Gasteiger partial charge in [-0.15, -0.1) is 0 Å². The van der Waals surface area contributed by atoms with Crippen molar-refractivity contribution in [2.24, 2.45) is 5.73 Å². The van der Waals surface area contributed by atoms with Crippen LogP contribution in [0.1, 0.15) is 25.0 Å². The van der Waals surface area contributed by atoms with Gasteiger partial charge in [0.05, 0.1) is 13.0 Å². The van der Waals surface area contributed by atoms with Gasteiger partial charge < -0.3 is 15.2 Å². The van der Waals surface area contributed by atoms with Crippen LogP contribution in [0, 0.1) is 0 Å². The Kier molecular flexibility index (Phi) is 6.39. The minimum absolute atomic E-state index is 0.220. The smallest absolute Gasteiger partial charge is 0.310 e. The Bertz CT molecular complexity index is 379. The molecule has 0 spiro atoms. The minimum atomic E-state index is -0.247. The van der Waals surface area contributed by atoms with Crippen molar-refractivity contribution in [3.63, 3.8) is 0 Å². The Balaban J connectivity index is 2.49. The van der Waals surface area contributed by atoms with Crippen LogP contribution in [-0.4, -0.2) is 25.3 Å². The average Bonchev–Trinajstić information content (AvgIpc) is 2.36. The lowest BCUT2D eigenvalue weighted by Gasteiger charge is -2.13. The molecule has 0 saturated heterocycles. The van der Waals surface area contributed by atoms with E-state index >= 15 is 0 Å². The first-order chi connectivity index (χ1) is 8.67. The van der Waals surface area contributed by atoms with Gasteiger partial charge in [-0.25, -0.2) is 0 Å². The Morgan fingerprint density at radius 1 is 1.33 bits per heavy atom. The molecule has 0 bridgehead atoms. The summed E-state index contributed by atoms with van der Waals surface area (Å²) in [4.78, 5) is 11.7. The monoisotopic (exact) mass is 251 g/mol. The summed E-state index contributed by atoms with van der Waals surface area (Å²) in [5, 5.41) is 0. The Morgan fingerprint density at radius 2 is 2.00 bits per heavy atom. The number of ether oxygens (including phenoxy) is 2. The molecule has 1 aromatic rings. The average molecular weight is 251 g/mol. The van der Waals surface area contributed by atoms with Crippen LogP contribution in [0.4, 0.5) is 0 Å². The molecule has 0 aliphatic carbocycles. The van der Waals surface area contributed by atoms with Crippen molar-refractivity contribution >= 4 is 5.97 Å². The van der Waals surface area contributed by atoms with Gasteiger partial charge in [0, 0.05) is 13.2 Å². The maximum atomic E-state index is 11.7. The standard InChI is InChI=1S/C14H21NO3/c1-3-17-10-11(2)18-14(16)8-12-6-4-5-7-13(12)9-15/h4-7,11H,3,8-10,15H2,1-2H3. The number of hydrogen-bond acceptors (Lipinski definition) is 4. The van der Waals surface area contributed by atoms with Crippen molar-refractivity contribution in [1.82, 2.24) is 0 Å². The molecule has 0 aliphatic heterocycles. The van der Waals surface area contributed by atoms with Crippen molar-refractivity contribution in [1.29, 1.82) is 0 Å². The van der Waals surface area contributed by atoms with E-state index in [-0.39, 0.29) is 18.5 Å². The fourth-order valence-electron chi connectivity index (χ4n) is 1.67. The van der Waals surface area contributed by atoms with E-state index in [4.69, 9.17) is 15.2 Å². The summed E-state index contributed by atoms with van der Waals surface area (Å²) in [6, 6.07) is 7.63. The summed E-state index contributed by atoms with van der Waals surface area (Å²) in [5.41, 5.74) is 7.52. The van der Waals surface area contributed by atoms with Crippen LogP contribution in [0.25, 0.3) is 0 Å². The van der Waals surface area contributed by atoms with E-state index in [0.717, 1.165) is 11.1 Å². The van der Waals surface area contributed by atoms with Crippen LogP contribution in [0.15, 0.2) is 24.3 Å². The van der Waals surface area contributed by atoms with Crippen molar-refractivity contribution < 1.29 is 14.3 Å². The number of benzene rings is 1. The summed E-state index contributed by atoms with van der Waals surface area (Å²) in [6.45, 7) is 5.21. The van der Waals surface area contributed by atoms with Gasteiger partial charge in [0.1, 0.15) is 6.10 Å². The molecule has 1 rings (SSSR count). The third kappa shape index (κ3) is 4.85. The van der Waals surface area contributed by atoms with Gasteiger partial charge in [0.15, 0.2) is 0 Å². The molecule has 0 heterocycles. The van der Waals surface area contributed by atoms with Crippen molar-refractivity contribution in [2.45, 2.75) is 32.9 Å². The highest BCUT2D eigenvalue weighted by Crippen LogP contribution is 2.10. The summed E-state index contributed by atoms with van der Waals surface area (Å²) in [5.74, 6) is -0.247. The van der Waals surface area contributed by atoms with Gasteiger partial charge in [0.2, 0.25) is 0 Å². The minimum Gasteiger partial charge on any atom is -0.460 e. The van der Waals surface area contributed by atoms with Crippen molar-refractivity contribution in [2.75, 3.05) is 13.2 Å². The molecule has 0 amide bonds. The van der Waals surface area contributed by atoms with Gasteiger partial charge >= 0.3 is 5.97 Å². The first-order valence-electron chi connectivity index (χ1n) is 6.21. The molecule has 100 valence electrons. The second-order valence-electron chi connectivity index (χ2n) is 4.11. The molecule has 18 heavy (non-hydrogen) atoms. The van der Waals surface area contributed by atoms with E-state index in [9.17, 15) is 4.79 Å². The van der Waals surface area contributed by atoms with Gasteiger partial charge in [-0.3, -0.25) is 4.79 Å². The van der Waals surface area contributed by atoms with E-state index < -0.39 is 0 Å². The van der Waals surface area contributed by atoms with Gasteiger partial charge in [0.25, 0.3) is 0 Å². The largest absolute Gasteiger partial charge is 0.460 e. The fourth-order valence-corrected chi connectivity index (χ4v) is 1.67. The van der Waals surface area contributed by atoms with Crippen LogP contribution in [0.2, 0.25) is 0 Å². The zero-order valence-electron chi connectivity index (χ0n) is 11.0. The second-order valence-corrected chi connectivity index (χ2v) is 4.11. The lowest BCUT2D eigenvalue weighted by Crippen LogP contribution is -2.22. The fraction of sp³-hybridized carbons (Fsp3) is 0.500. The van der Waals surface area contributed by atoms with Crippen LogP contribution >= 0.6 is 0 Å². The third-order valence-corrected chi connectivity index (χ3v) is 2.56. The molecule has 4 heteroatoms. The van der Waals surface area contributed by atoms with E-state index in [1.807, 2.05) is 38.1 Å². The quantitative estimate of drug-likeness (QED) is 0.749. The maximum Gasteiger partial charge on any atom is 0.310 e. The van der Waals surface area contributed by atoms with Crippen LogP contribution < -0.4 is 5.73 Å². The molecule has 1 atom stereocenters. The molecular formula is C14H21NO3. The molecule has 2 N–H and O–H groups in total. The normalized spacial score (nSPS) is 12.2. The highest BCUT2D eigenvalue weighted by molar-refractivity contribution is 5.73. The van der Waals surface area contributed by atoms with E-state index in [1.54, 1.807) is 0 Å². The van der Waals surface area contributed by atoms with Gasteiger partial charge in [-0.1, -0.05) is 24.3 Å². The molecule has 4 nitrogen and oxygen atoms in total. The molecular weight excluding hydrogens is 230 g/mol. The predicted octanol–water partition coefficient (Wildman–Crippen LogP) is 1.66. The molecule has 0 aromatic heterocycles. The predicted molar refractivity (Wildman–Crippen MR) is 70.1 cm³/mol. The van der Waals surface area contributed by atoms with E-state index in [0.29, 0.717) is 19.8 Å². The Hall–Kier alpha value is -1.39. The summed E-state index contributed by atoms with van der Waals surface area (Å²) < 4.78 is 10.4. The Morgan fingerprint density at radius 3 is 2.61 bits per heavy atom. The lowest BCUT2D eigenvalue weighted by molar-refractivity contribution is -0.150. The first kappa shape index (κ1) is 14.7. The SMILES string of the molecule is CCOCC(C)OC(=O)Cc1ccccc1CN. The number of carbonyl (C=O) groups is 1. The molecule has 1 aromatic carbocycles. The second kappa shape index (κ2) is 7.84. The van der Waals surface area contributed by atoms with Crippen molar-refractivity contribution in [3.05, 3.63) is 35.4 Å². The number of nitrogens with two attached hydrogens (primary N) is 1. The van der Waals surface area contributed by atoms with Crippen molar-refractivity contribution in [3.8, 4) is 0 Å². The first-order valence-corrected chi connectivity index (χ1v) is 6.21. The van der Waals surface area contributed by atoms with Crippen LogP contribution in [0.3, 0.4) is 0 Å². The number of carbonyl (C=O) groups excluding carboxylic acids is 1. The van der Waals surface area contributed by atoms with Crippen LogP contribution in [-0.2, 0) is 27.2 Å². The van der Waals surface area contributed by atoms with Gasteiger partial charge in [-0.05, 0) is 25.0 Å². The zero-order chi connectivity index (χ0) is 13.4. The number of rotatable bonds is 7. The van der Waals surface area contributed by atoms with E-state index in [1.165, 1.54) is 0 Å². The van der Waals surface area contributed by atoms with E-state index in [2.05, 4.69) is 0 Å². The summed E-state index contributed by atoms with van der Waals surface area (Å²) in [6.07, 6.45) is 0.0339. The maximum absolute atomic E-state index is 11.7. The molecule has 0 saturated carbocycles. The van der Waals surface area contributed by atoms with Crippen LogP contribution in [0.5, 0.6) is 0 Å². The highest BCUT2D eigenvalue weighted by Gasteiger charge is 2.12. The summed E-state index contributed by atoms with van der Waals surface area (Å²) >= 11 is 0. The highest BCUT2D eigenvalue weighted by atomic mass is 16.6. The molecule has 0 fully saturated rings. The molecule has 0 radical (unpaired) electrons. The number of esters is 1. The molecule has 0 aliphatic rings.